The van der Waals surface area contributed by atoms with Crippen LogP contribution in [0.2, 0.25) is 0 Å². The number of aromatic nitrogens is 4. The van der Waals surface area contributed by atoms with E-state index in [2.05, 4.69) is 25.3 Å². The molecule has 0 atom stereocenters. The molecule has 0 fully saturated rings. The summed E-state index contributed by atoms with van der Waals surface area (Å²) < 4.78 is 26.0. The van der Waals surface area contributed by atoms with Crippen LogP contribution in [0.5, 0.6) is 0 Å². The third-order valence-electron chi connectivity index (χ3n) is 2.10. The molecule has 0 amide bonds. The van der Waals surface area contributed by atoms with Crippen LogP contribution in [0.4, 0.5) is 0 Å². The first kappa shape index (κ1) is 12.2. The summed E-state index contributed by atoms with van der Waals surface area (Å²) in [5.41, 5.74) is 0.395. The molecule has 9 heteroatoms. The van der Waals surface area contributed by atoms with Crippen LogP contribution in [0.3, 0.4) is 0 Å². The molecule has 1 heterocycles. The second-order valence-corrected chi connectivity index (χ2v) is 5.06. The van der Waals surface area contributed by atoms with E-state index in [-0.39, 0.29) is 17.3 Å². The smallest absolute Gasteiger partial charge is 0.207 e. The van der Waals surface area contributed by atoms with E-state index in [0.29, 0.717) is 5.56 Å². The Balaban J connectivity index is 2.13. The van der Waals surface area contributed by atoms with Crippen molar-refractivity contribution in [3.63, 3.8) is 0 Å². The summed E-state index contributed by atoms with van der Waals surface area (Å²) in [4.78, 5) is 0.0741. The van der Waals surface area contributed by atoms with Crippen molar-refractivity contribution in [3.05, 3.63) is 35.7 Å². The molecule has 0 aliphatic heterocycles. The molecular weight excluding hydrogens is 256 g/mol. The van der Waals surface area contributed by atoms with E-state index in [0.717, 1.165) is 0 Å². The van der Waals surface area contributed by atoms with Gasteiger partial charge in [-0.15, -0.1) is 10.2 Å². The number of nitriles is 1. The number of nitrogens with one attached hydrogen (secondary N) is 2. The standard InChI is InChI=1S/C9H8N6O2S/c10-5-7-1-3-8(4-2-7)18(16,17)11-6-9-12-14-15-13-9/h1-4,11H,6H2,(H,12,13,14,15). The van der Waals surface area contributed by atoms with Crippen molar-refractivity contribution in [3.8, 4) is 6.07 Å². The molecule has 2 N–H and O–H groups in total. The molecule has 18 heavy (non-hydrogen) atoms. The molecule has 0 spiro atoms. The Kier molecular flexibility index (Phi) is 3.31. The fourth-order valence-electron chi connectivity index (χ4n) is 1.21. The molecule has 92 valence electrons. The largest absolute Gasteiger partial charge is 0.240 e. The molecule has 0 aliphatic carbocycles. The maximum absolute atomic E-state index is 11.8. The Morgan fingerprint density at radius 1 is 1.33 bits per heavy atom. The fourth-order valence-corrected chi connectivity index (χ4v) is 2.19. The number of H-pyrrole nitrogens is 1. The van der Waals surface area contributed by atoms with Crippen molar-refractivity contribution in [1.29, 1.82) is 5.26 Å². The Bertz CT molecular complexity index is 656. The van der Waals surface area contributed by atoms with Gasteiger partial charge in [0, 0.05) is 0 Å². The van der Waals surface area contributed by atoms with Crippen molar-refractivity contribution >= 4 is 10.0 Å². The van der Waals surface area contributed by atoms with Crippen molar-refractivity contribution in [2.45, 2.75) is 11.4 Å². The maximum atomic E-state index is 11.8. The third kappa shape index (κ3) is 2.68. The van der Waals surface area contributed by atoms with Crippen LogP contribution in [0, 0.1) is 11.3 Å². The van der Waals surface area contributed by atoms with Gasteiger partial charge in [-0.3, -0.25) is 0 Å². The third-order valence-corrected chi connectivity index (χ3v) is 3.52. The van der Waals surface area contributed by atoms with Gasteiger partial charge in [-0.25, -0.2) is 13.1 Å². The Hall–Kier alpha value is -2.31. The normalized spacial score (nSPS) is 11.1. The fraction of sp³-hybridized carbons (Fsp3) is 0.111. The lowest BCUT2D eigenvalue weighted by atomic mass is 10.2. The molecular formula is C9H8N6O2S. The van der Waals surface area contributed by atoms with Gasteiger partial charge in [-0.1, -0.05) is 5.21 Å². The van der Waals surface area contributed by atoms with Crippen LogP contribution in [-0.4, -0.2) is 29.0 Å². The van der Waals surface area contributed by atoms with E-state index in [1.807, 2.05) is 6.07 Å². The first-order valence-corrected chi connectivity index (χ1v) is 6.32. The van der Waals surface area contributed by atoms with E-state index in [1.165, 1.54) is 24.3 Å². The number of hydrogen-bond donors (Lipinski definition) is 2. The van der Waals surface area contributed by atoms with Gasteiger partial charge in [-0.05, 0) is 24.3 Å². The average Bonchev–Trinajstić information content (AvgIpc) is 2.90. The molecule has 0 unspecified atom stereocenters. The molecule has 2 aromatic rings. The summed E-state index contributed by atoms with van der Waals surface area (Å²) in [6.45, 7) is -0.0567. The van der Waals surface area contributed by atoms with E-state index in [9.17, 15) is 8.42 Å². The Labute approximate surface area is 103 Å². The quantitative estimate of drug-likeness (QED) is 0.770. The van der Waals surface area contributed by atoms with Crippen molar-refractivity contribution in [1.82, 2.24) is 25.3 Å². The van der Waals surface area contributed by atoms with Gasteiger partial charge in [0.1, 0.15) is 0 Å². The summed E-state index contributed by atoms with van der Waals surface area (Å²) in [5, 5.41) is 21.4. The van der Waals surface area contributed by atoms with E-state index < -0.39 is 10.0 Å². The first-order valence-electron chi connectivity index (χ1n) is 4.84. The number of hydrogen-bond acceptors (Lipinski definition) is 6. The van der Waals surface area contributed by atoms with E-state index in [1.54, 1.807) is 0 Å². The van der Waals surface area contributed by atoms with Gasteiger partial charge in [0.15, 0.2) is 5.82 Å². The number of sulfonamides is 1. The highest BCUT2D eigenvalue weighted by atomic mass is 32.2. The average molecular weight is 264 g/mol. The molecule has 2 rings (SSSR count). The van der Waals surface area contributed by atoms with Crippen LogP contribution in [0.15, 0.2) is 29.2 Å². The molecule has 0 radical (unpaired) electrons. The zero-order valence-electron chi connectivity index (χ0n) is 9.03. The maximum Gasteiger partial charge on any atom is 0.240 e. The highest BCUT2D eigenvalue weighted by molar-refractivity contribution is 7.89. The van der Waals surface area contributed by atoms with Gasteiger partial charge in [0.2, 0.25) is 10.0 Å². The zero-order chi connectivity index (χ0) is 13.0. The lowest BCUT2D eigenvalue weighted by Gasteiger charge is -2.04. The predicted octanol–water partition coefficient (Wildman–Crippen LogP) is -0.450. The molecule has 8 nitrogen and oxygen atoms in total. The predicted molar refractivity (Wildman–Crippen MR) is 59.4 cm³/mol. The topological polar surface area (TPSA) is 124 Å². The summed E-state index contributed by atoms with van der Waals surface area (Å²) in [7, 11) is -3.64. The minimum Gasteiger partial charge on any atom is -0.207 e. The number of rotatable bonds is 4. The molecule has 1 aromatic carbocycles. The van der Waals surface area contributed by atoms with Crippen LogP contribution in [0.25, 0.3) is 0 Å². The molecule has 0 aliphatic rings. The zero-order valence-corrected chi connectivity index (χ0v) is 9.85. The minimum absolute atomic E-state index is 0.0567. The number of aromatic amines is 1. The summed E-state index contributed by atoms with van der Waals surface area (Å²) in [6, 6.07) is 7.50. The summed E-state index contributed by atoms with van der Waals surface area (Å²) in [6.07, 6.45) is 0. The SMILES string of the molecule is N#Cc1ccc(S(=O)(=O)NCc2nn[nH]n2)cc1. The lowest BCUT2D eigenvalue weighted by Crippen LogP contribution is -2.23. The summed E-state index contributed by atoms with van der Waals surface area (Å²) >= 11 is 0. The molecule has 0 bridgehead atoms. The Morgan fingerprint density at radius 2 is 2.06 bits per heavy atom. The van der Waals surface area contributed by atoms with Crippen LogP contribution < -0.4 is 4.72 Å². The van der Waals surface area contributed by atoms with Gasteiger partial charge in [-0.2, -0.15) is 10.5 Å². The van der Waals surface area contributed by atoms with Crippen molar-refractivity contribution in [2.75, 3.05) is 0 Å². The highest BCUT2D eigenvalue weighted by Crippen LogP contribution is 2.10. The number of nitrogens with zero attached hydrogens (tertiary/aromatic N) is 4. The van der Waals surface area contributed by atoms with Crippen LogP contribution >= 0.6 is 0 Å². The lowest BCUT2D eigenvalue weighted by molar-refractivity contribution is 0.579. The van der Waals surface area contributed by atoms with E-state index in [4.69, 9.17) is 5.26 Å². The van der Waals surface area contributed by atoms with Gasteiger partial charge in [0.05, 0.1) is 23.1 Å². The molecule has 1 aromatic heterocycles. The van der Waals surface area contributed by atoms with Gasteiger partial charge >= 0.3 is 0 Å². The van der Waals surface area contributed by atoms with Crippen LogP contribution in [0.1, 0.15) is 11.4 Å². The Morgan fingerprint density at radius 3 is 2.61 bits per heavy atom. The second kappa shape index (κ2) is 4.91. The van der Waals surface area contributed by atoms with Crippen molar-refractivity contribution < 1.29 is 8.42 Å². The van der Waals surface area contributed by atoms with Crippen molar-refractivity contribution in [2.24, 2.45) is 0 Å². The highest BCUT2D eigenvalue weighted by Gasteiger charge is 2.14. The molecule has 0 saturated heterocycles. The second-order valence-electron chi connectivity index (χ2n) is 3.29. The number of tetrazole rings is 1. The minimum atomic E-state index is -3.64. The monoisotopic (exact) mass is 264 g/mol. The molecule has 0 saturated carbocycles. The van der Waals surface area contributed by atoms with Gasteiger partial charge in [0.25, 0.3) is 0 Å². The summed E-state index contributed by atoms with van der Waals surface area (Å²) in [5.74, 6) is 0.243. The van der Waals surface area contributed by atoms with E-state index >= 15 is 0 Å². The van der Waals surface area contributed by atoms with Gasteiger partial charge < -0.3 is 0 Å². The number of benzene rings is 1. The first-order chi connectivity index (χ1) is 8.62. The van der Waals surface area contributed by atoms with Crippen LogP contribution in [-0.2, 0) is 16.6 Å².